The molecule has 0 saturated carbocycles. The molecule has 2 N–H and O–H groups in total. The van der Waals surface area contributed by atoms with Gasteiger partial charge in [-0.2, -0.15) is 5.01 Å². The molecule has 4 amide bonds. The van der Waals surface area contributed by atoms with Crippen LogP contribution >= 0.6 is 0 Å². The van der Waals surface area contributed by atoms with Gasteiger partial charge in [0.15, 0.2) is 0 Å². The lowest BCUT2D eigenvalue weighted by Gasteiger charge is -2.22. The molecule has 7 nitrogen and oxygen atoms in total. The first-order valence-corrected chi connectivity index (χ1v) is 8.50. The number of amides is 4. The SMILES string of the molecule is COc1cccc([C@@]2(C)NC(=O)N(NC(=O)Cc3ccccc3C)C2=O)c1. The summed E-state index contributed by atoms with van der Waals surface area (Å²) in [7, 11) is 1.52. The fourth-order valence-corrected chi connectivity index (χ4v) is 3.02. The number of benzene rings is 2. The Morgan fingerprint density at radius 1 is 1.19 bits per heavy atom. The highest BCUT2D eigenvalue weighted by atomic mass is 16.5. The zero-order valence-corrected chi connectivity index (χ0v) is 15.4. The number of methoxy groups -OCH3 is 1. The topological polar surface area (TPSA) is 87.7 Å². The second-order valence-corrected chi connectivity index (χ2v) is 6.57. The number of aryl methyl sites for hydroxylation is 1. The number of hydrogen-bond donors (Lipinski definition) is 2. The summed E-state index contributed by atoms with van der Waals surface area (Å²) < 4.78 is 5.18. The van der Waals surface area contributed by atoms with Crippen molar-refractivity contribution in [1.29, 1.82) is 0 Å². The maximum Gasteiger partial charge on any atom is 0.344 e. The second kappa shape index (κ2) is 7.11. The number of rotatable bonds is 5. The highest BCUT2D eigenvalue weighted by Gasteiger charge is 2.50. The van der Waals surface area contributed by atoms with Crippen LogP contribution in [0.4, 0.5) is 4.79 Å². The quantitative estimate of drug-likeness (QED) is 0.792. The van der Waals surface area contributed by atoms with Gasteiger partial charge in [-0.15, -0.1) is 0 Å². The van der Waals surface area contributed by atoms with Crippen LogP contribution in [0.2, 0.25) is 0 Å². The van der Waals surface area contributed by atoms with Gasteiger partial charge in [-0.1, -0.05) is 36.4 Å². The molecule has 1 heterocycles. The highest BCUT2D eigenvalue weighted by Crippen LogP contribution is 2.30. The predicted octanol–water partition coefficient (Wildman–Crippen LogP) is 2.04. The lowest BCUT2D eigenvalue weighted by atomic mass is 9.92. The average molecular weight is 367 g/mol. The van der Waals surface area contributed by atoms with E-state index in [-0.39, 0.29) is 6.42 Å². The molecule has 2 aromatic rings. The molecule has 140 valence electrons. The Hall–Kier alpha value is -3.35. The molecule has 1 aliphatic heterocycles. The third-order valence-corrected chi connectivity index (χ3v) is 4.69. The minimum absolute atomic E-state index is 0.0691. The van der Waals surface area contributed by atoms with E-state index in [0.717, 1.165) is 16.1 Å². The molecule has 0 aromatic heterocycles. The number of hydrazine groups is 1. The van der Waals surface area contributed by atoms with Crippen LogP contribution in [0.15, 0.2) is 48.5 Å². The van der Waals surface area contributed by atoms with Crippen LogP contribution in [0.3, 0.4) is 0 Å². The number of urea groups is 1. The van der Waals surface area contributed by atoms with E-state index < -0.39 is 23.4 Å². The smallest absolute Gasteiger partial charge is 0.344 e. The molecular weight excluding hydrogens is 346 g/mol. The Bertz CT molecular complexity index is 912. The van der Waals surface area contributed by atoms with E-state index >= 15 is 0 Å². The molecule has 27 heavy (non-hydrogen) atoms. The fraction of sp³-hybridized carbons (Fsp3) is 0.250. The Labute approximate surface area is 157 Å². The lowest BCUT2D eigenvalue weighted by Crippen LogP contribution is -2.48. The molecule has 0 spiro atoms. The van der Waals surface area contributed by atoms with Gasteiger partial charge >= 0.3 is 6.03 Å². The first-order valence-electron chi connectivity index (χ1n) is 8.50. The Kier molecular flexibility index (Phi) is 4.85. The molecule has 1 saturated heterocycles. The largest absolute Gasteiger partial charge is 0.497 e. The molecule has 2 aromatic carbocycles. The maximum atomic E-state index is 12.9. The van der Waals surface area contributed by atoms with Crippen LogP contribution in [0.25, 0.3) is 0 Å². The predicted molar refractivity (Wildman–Crippen MR) is 98.7 cm³/mol. The summed E-state index contributed by atoms with van der Waals surface area (Å²) in [5.74, 6) is -0.431. The molecule has 0 aliphatic carbocycles. The van der Waals surface area contributed by atoms with Crippen molar-refractivity contribution < 1.29 is 19.1 Å². The fourth-order valence-electron chi connectivity index (χ4n) is 3.02. The van der Waals surface area contributed by atoms with E-state index in [2.05, 4.69) is 10.7 Å². The number of nitrogens with one attached hydrogen (secondary N) is 2. The highest BCUT2D eigenvalue weighted by molar-refractivity contribution is 6.08. The summed E-state index contributed by atoms with van der Waals surface area (Å²) in [5, 5.41) is 3.38. The Morgan fingerprint density at radius 3 is 2.63 bits per heavy atom. The Balaban J connectivity index is 1.77. The van der Waals surface area contributed by atoms with Crippen molar-refractivity contribution >= 4 is 17.8 Å². The number of carbonyl (C=O) groups excluding carboxylic acids is 3. The van der Waals surface area contributed by atoms with E-state index in [1.54, 1.807) is 31.2 Å². The molecule has 1 aliphatic rings. The summed E-state index contributed by atoms with van der Waals surface area (Å²) in [5.41, 5.74) is 3.48. The van der Waals surface area contributed by atoms with E-state index in [1.165, 1.54) is 7.11 Å². The zero-order chi connectivity index (χ0) is 19.6. The van der Waals surface area contributed by atoms with Gasteiger partial charge in [0.25, 0.3) is 5.91 Å². The van der Waals surface area contributed by atoms with Gasteiger partial charge < -0.3 is 10.1 Å². The monoisotopic (exact) mass is 367 g/mol. The molecule has 7 heteroatoms. The van der Waals surface area contributed by atoms with Crippen molar-refractivity contribution in [2.75, 3.05) is 7.11 Å². The summed E-state index contributed by atoms with van der Waals surface area (Å²) in [6, 6.07) is 13.7. The van der Waals surface area contributed by atoms with Gasteiger partial charge in [-0.3, -0.25) is 15.0 Å². The third-order valence-electron chi connectivity index (χ3n) is 4.69. The van der Waals surface area contributed by atoms with E-state index in [0.29, 0.717) is 11.3 Å². The molecule has 0 radical (unpaired) electrons. The van der Waals surface area contributed by atoms with Crippen LogP contribution in [0.1, 0.15) is 23.6 Å². The maximum absolute atomic E-state index is 12.9. The number of carbonyl (C=O) groups is 3. The average Bonchev–Trinajstić information content (AvgIpc) is 2.88. The lowest BCUT2D eigenvalue weighted by molar-refractivity contribution is -0.138. The number of imide groups is 1. The van der Waals surface area contributed by atoms with Gasteiger partial charge in [0.1, 0.15) is 11.3 Å². The van der Waals surface area contributed by atoms with Gasteiger partial charge in [0.05, 0.1) is 13.5 Å². The minimum atomic E-state index is -1.29. The zero-order valence-electron chi connectivity index (χ0n) is 15.4. The van der Waals surface area contributed by atoms with E-state index in [4.69, 9.17) is 4.74 Å². The number of nitrogens with zero attached hydrogens (tertiary/aromatic N) is 1. The van der Waals surface area contributed by atoms with E-state index in [9.17, 15) is 14.4 Å². The third kappa shape index (κ3) is 3.48. The molecule has 0 unspecified atom stereocenters. The van der Waals surface area contributed by atoms with Crippen molar-refractivity contribution in [1.82, 2.24) is 15.8 Å². The van der Waals surface area contributed by atoms with Crippen LogP contribution in [0, 0.1) is 6.92 Å². The van der Waals surface area contributed by atoms with Crippen LogP contribution in [-0.2, 0) is 21.5 Å². The summed E-state index contributed by atoms with van der Waals surface area (Å²) in [6.07, 6.45) is 0.0691. The first kappa shape index (κ1) is 18.4. The van der Waals surface area contributed by atoms with E-state index in [1.807, 2.05) is 31.2 Å². The normalized spacial score (nSPS) is 19.0. The molecule has 0 bridgehead atoms. The molecule has 1 fully saturated rings. The number of ether oxygens (including phenoxy) is 1. The summed E-state index contributed by atoms with van der Waals surface area (Å²) >= 11 is 0. The number of hydrogen-bond acceptors (Lipinski definition) is 4. The van der Waals surface area contributed by atoms with Gasteiger partial charge in [-0.05, 0) is 42.7 Å². The standard InChI is InChI=1S/C20H21N3O4/c1-13-7-4-5-8-14(13)11-17(24)22-23-18(25)20(2,21-19(23)26)15-9-6-10-16(12-15)27-3/h4-10,12H,11H2,1-3H3,(H,21,26)(H,22,24)/t20-/m1/s1. The molecular formula is C20H21N3O4. The van der Waals surface area contributed by atoms with Crippen molar-refractivity contribution in [3.05, 3.63) is 65.2 Å². The van der Waals surface area contributed by atoms with Gasteiger partial charge in [0, 0.05) is 0 Å². The van der Waals surface area contributed by atoms with Crippen LogP contribution in [-0.4, -0.2) is 30.0 Å². The van der Waals surface area contributed by atoms with Crippen molar-refractivity contribution in [3.8, 4) is 5.75 Å². The van der Waals surface area contributed by atoms with Crippen molar-refractivity contribution in [2.24, 2.45) is 0 Å². The second-order valence-electron chi connectivity index (χ2n) is 6.57. The Morgan fingerprint density at radius 2 is 1.93 bits per heavy atom. The molecule has 3 rings (SSSR count). The van der Waals surface area contributed by atoms with Gasteiger partial charge in [0.2, 0.25) is 5.91 Å². The summed E-state index contributed by atoms with van der Waals surface area (Å²) in [4.78, 5) is 37.6. The van der Waals surface area contributed by atoms with Crippen molar-refractivity contribution in [3.63, 3.8) is 0 Å². The van der Waals surface area contributed by atoms with Crippen LogP contribution < -0.4 is 15.5 Å². The summed E-state index contributed by atoms with van der Waals surface area (Å²) in [6.45, 7) is 3.49. The van der Waals surface area contributed by atoms with Gasteiger partial charge in [-0.25, -0.2) is 4.79 Å². The molecule has 1 atom stereocenters. The van der Waals surface area contributed by atoms with Crippen molar-refractivity contribution in [2.45, 2.75) is 25.8 Å². The first-order chi connectivity index (χ1) is 12.8. The minimum Gasteiger partial charge on any atom is -0.497 e. The van der Waals surface area contributed by atoms with Crippen LogP contribution in [0.5, 0.6) is 5.75 Å².